The van der Waals surface area contributed by atoms with Gasteiger partial charge in [-0.1, -0.05) is 0 Å². The average molecular weight is 254 g/mol. The monoisotopic (exact) mass is 254 g/mol. The van der Waals surface area contributed by atoms with Crippen molar-refractivity contribution < 1.29 is 22.0 Å². The van der Waals surface area contributed by atoms with E-state index in [1.54, 1.807) is 0 Å². The van der Waals surface area contributed by atoms with Crippen molar-refractivity contribution in [3.8, 4) is 0 Å². The third kappa shape index (κ3) is 2.00. The molecule has 0 aliphatic carbocycles. The van der Waals surface area contributed by atoms with Gasteiger partial charge >= 0.3 is 0 Å². The fourth-order valence-electron chi connectivity index (χ4n) is 1.30. The normalized spacial score (nSPS) is 12.4. The molecule has 0 saturated heterocycles. The molecule has 17 heavy (non-hydrogen) atoms. The molecule has 0 aromatic heterocycles. The molecular formula is C10H9F5NO-. The summed E-state index contributed by atoms with van der Waals surface area (Å²) in [5.74, 6) is -10.3. The quantitative estimate of drug-likeness (QED) is 0.351. The van der Waals surface area contributed by atoms with Crippen LogP contribution in [0.15, 0.2) is 0 Å². The van der Waals surface area contributed by atoms with E-state index in [1.165, 1.54) is 0 Å². The summed E-state index contributed by atoms with van der Waals surface area (Å²) in [4.78, 5) is 0. The fraction of sp³-hybridized carbons (Fsp3) is 0.400. The minimum absolute atomic E-state index is 0.116. The highest BCUT2D eigenvalue weighted by molar-refractivity contribution is 5.30. The Labute approximate surface area is 94.2 Å². The number of benzene rings is 1. The van der Waals surface area contributed by atoms with E-state index in [0.29, 0.717) is 0 Å². The van der Waals surface area contributed by atoms with Crippen LogP contribution in [0.1, 0.15) is 19.4 Å². The van der Waals surface area contributed by atoms with Crippen LogP contribution in [-0.4, -0.2) is 12.1 Å². The third-order valence-electron chi connectivity index (χ3n) is 2.61. The van der Waals surface area contributed by atoms with Crippen molar-refractivity contribution in [2.24, 2.45) is 0 Å². The van der Waals surface area contributed by atoms with Crippen LogP contribution in [0.3, 0.4) is 0 Å². The first-order valence-electron chi connectivity index (χ1n) is 4.55. The van der Waals surface area contributed by atoms with Gasteiger partial charge in [0.1, 0.15) is 0 Å². The second-order valence-electron chi connectivity index (χ2n) is 4.00. The Morgan fingerprint density at radius 2 is 1.12 bits per heavy atom. The molecule has 0 bridgehead atoms. The highest BCUT2D eigenvalue weighted by Crippen LogP contribution is 2.34. The van der Waals surface area contributed by atoms with Crippen LogP contribution in [-0.2, 0) is 5.54 Å². The van der Waals surface area contributed by atoms with Gasteiger partial charge in [0.2, 0.25) is 5.82 Å². The predicted octanol–water partition coefficient (Wildman–Crippen LogP) is 3.05. The van der Waals surface area contributed by atoms with E-state index in [1.807, 2.05) is 0 Å². The molecule has 0 fully saturated rings. The van der Waals surface area contributed by atoms with Crippen LogP contribution in [0.25, 0.3) is 0 Å². The molecule has 1 rings (SSSR count). The molecule has 0 radical (unpaired) electrons. The van der Waals surface area contributed by atoms with Gasteiger partial charge in [-0.2, -0.15) is 0 Å². The minimum atomic E-state index is -2.24. The van der Waals surface area contributed by atoms with Gasteiger partial charge < -0.3 is 10.3 Å². The maximum atomic E-state index is 13.4. The van der Waals surface area contributed by atoms with Gasteiger partial charge in [0, 0.05) is 11.1 Å². The Kier molecular flexibility index (Phi) is 3.45. The van der Waals surface area contributed by atoms with Gasteiger partial charge in [0.25, 0.3) is 0 Å². The lowest BCUT2D eigenvalue weighted by Crippen LogP contribution is -2.36. The maximum absolute atomic E-state index is 13.4. The number of rotatable bonds is 2. The Balaban J connectivity index is 3.66. The van der Waals surface area contributed by atoms with Crippen molar-refractivity contribution in [2.45, 2.75) is 19.4 Å². The van der Waals surface area contributed by atoms with Gasteiger partial charge in [0.05, 0.1) is 0 Å². The van der Waals surface area contributed by atoms with Crippen LogP contribution in [0.2, 0.25) is 0 Å². The zero-order valence-corrected chi connectivity index (χ0v) is 9.25. The Morgan fingerprint density at radius 1 is 0.824 bits per heavy atom. The number of hydrogen-bond acceptors (Lipinski definition) is 2. The molecule has 96 valence electrons. The fourth-order valence-corrected chi connectivity index (χ4v) is 1.30. The van der Waals surface area contributed by atoms with E-state index in [4.69, 9.17) is 0 Å². The summed E-state index contributed by atoms with van der Waals surface area (Å²) >= 11 is 0. The van der Waals surface area contributed by atoms with Crippen molar-refractivity contribution >= 4 is 0 Å². The topological polar surface area (TPSA) is 26.3 Å². The molecule has 1 aromatic carbocycles. The molecule has 0 spiro atoms. The first-order chi connectivity index (χ1) is 7.62. The SMILES string of the molecule is CN([O-])C(C)(C)c1c(F)c(F)c(F)c(F)c1F. The van der Waals surface area contributed by atoms with E-state index in [-0.39, 0.29) is 5.06 Å². The smallest absolute Gasteiger partial charge is 0.200 e. The zero-order chi connectivity index (χ0) is 13.5. The summed E-state index contributed by atoms with van der Waals surface area (Å²) in [6.45, 7) is 2.11. The minimum Gasteiger partial charge on any atom is -0.785 e. The summed E-state index contributed by atoms with van der Waals surface area (Å²) in [5, 5.41) is 11.2. The molecule has 0 atom stereocenters. The van der Waals surface area contributed by atoms with E-state index < -0.39 is 40.2 Å². The number of hydroxylamine groups is 2. The predicted molar refractivity (Wildman–Crippen MR) is 50.4 cm³/mol. The van der Waals surface area contributed by atoms with Gasteiger partial charge in [-0.3, -0.25) is 0 Å². The van der Waals surface area contributed by atoms with Crippen LogP contribution >= 0.6 is 0 Å². The average Bonchev–Trinajstić information content (AvgIpc) is 2.23. The first-order valence-corrected chi connectivity index (χ1v) is 4.55. The van der Waals surface area contributed by atoms with Crippen LogP contribution in [0.5, 0.6) is 0 Å². The number of hydrogen-bond donors (Lipinski definition) is 0. The van der Waals surface area contributed by atoms with Crippen molar-refractivity contribution in [3.63, 3.8) is 0 Å². The number of nitrogens with zero attached hydrogens (tertiary/aromatic N) is 1. The first kappa shape index (κ1) is 13.9. The number of halogens is 5. The van der Waals surface area contributed by atoms with Gasteiger partial charge in [-0.05, 0) is 20.9 Å². The van der Waals surface area contributed by atoms with Crippen LogP contribution in [0, 0.1) is 34.3 Å². The summed E-state index contributed by atoms with van der Waals surface area (Å²) in [7, 11) is 0.929. The highest BCUT2D eigenvalue weighted by Gasteiger charge is 2.34. The lowest BCUT2D eigenvalue weighted by molar-refractivity contribution is 0.205. The highest BCUT2D eigenvalue weighted by atomic mass is 19.2. The summed E-state index contributed by atoms with van der Waals surface area (Å²) in [5.41, 5.74) is -3.02. The molecule has 0 aliphatic rings. The molecule has 2 nitrogen and oxygen atoms in total. The third-order valence-corrected chi connectivity index (χ3v) is 2.61. The molecule has 0 aliphatic heterocycles. The Morgan fingerprint density at radius 3 is 1.41 bits per heavy atom. The molecule has 0 heterocycles. The Hall–Kier alpha value is -1.21. The van der Waals surface area contributed by atoms with Crippen molar-refractivity contribution in [2.75, 3.05) is 7.05 Å². The molecule has 0 N–H and O–H groups in total. The lowest BCUT2D eigenvalue weighted by atomic mass is 9.92. The molecule has 0 unspecified atom stereocenters. The lowest BCUT2D eigenvalue weighted by Gasteiger charge is -2.41. The second-order valence-corrected chi connectivity index (χ2v) is 4.00. The summed E-state index contributed by atoms with van der Waals surface area (Å²) < 4.78 is 65.3. The summed E-state index contributed by atoms with van der Waals surface area (Å²) in [6, 6.07) is 0. The van der Waals surface area contributed by atoms with Crippen LogP contribution in [0.4, 0.5) is 22.0 Å². The van der Waals surface area contributed by atoms with E-state index in [2.05, 4.69) is 0 Å². The van der Waals surface area contributed by atoms with Crippen molar-refractivity contribution in [3.05, 3.63) is 39.9 Å². The maximum Gasteiger partial charge on any atom is 0.200 e. The van der Waals surface area contributed by atoms with Crippen molar-refractivity contribution in [1.82, 2.24) is 5.06 Å². The molecule has 0 saturated carbocycles. The molecular weight excluding hydrogens is 245 g/mol. The van der Waals surface area contributed by atoms with Gasteiger partial charge in [-0.15, -0.1) is 0 Å². The summed E-state index contributed by atoms with van der Waals surface area (Å²) in [6.07, 6.45) is 0. The van der Waals surface area contributed by atoms with Gasteiger partial charge in [-0.25, -0.2) is 22.0 Å². The van der Waals surface area contributed by atoms with E-state index in [0.717, 1.165) is 20.9 Å². The molecule has 1 aromatic rings. The largest absolute Gasteiger partial charge is 0.785 e. The second kappa shape index (κ2) is 4.23. The molecule has 0 amide bonds. The van der Waals surface area contributed by atoms with E-state index >= 15 is 0 Å². The molecule has 7 heteroatoms. The standard InChI is InChI=1S/C10H9F5NO/c1-10(2,16(3)17)4-5(11)7(13)9(15)8(14)6(4)12/h1-3H3/q-1. The zero-order valence-electron chi connectivity index (χ0n) is 9.25. The van der Waals surface area contributed by atoms with Crippen molar-refractivity contribution in [1.29, 1.82) is 0 Å². The van der Waals surface area contributed by atoms with E-state index in [9.17, 15) is 27.2 Å². The van der Waals surface area contributed by atoms with Crippen LogP contribution < -0.4 is 0 Å². The van der Waals surface area contributed by atoms with Gasteiger partial charge in [0.15, 0.2) is 23.3 Å². The Bertz CT molecular complexity index is 429.